The van der Waals surface area contributed by atoms with Crippen LogP contribution in [0.1, 0.15) is 6.92 Å². The zero-order chi connectivity index (χ0) is 19.4. The van der Waals surface area contributed by atoms with Crippen molar-refractivity contribution in [3.05, 3.63) is 52.5 Å². The topological polar surface area (TPSA) is 46.0 Å². The summed E-state index contributed by atoms with van der Waals surface area (Å²) in [4.78, 5) is 16.2. The predicted molar refractivity (Wildman–Crippen MR) is 110 cm³/mol. The summed E-state index contributed by atoms with van der Waals surface area (Å²) in [6.45, 7) is 5.57. The molecule has 2 N–H and O–H groups in total. The van der Waals surface area contributed by atoms with Gasteiger partial charge in [0.1, 0.15) is 5.75 Å². The molecule has 1 fully saturated rings. The second-order valence-corrected chi connectivity index (χ2v) is 7.59. The van der Waals surface area contributed by atoms with Gasteiger partial charge in [0.25, 0.3) is 5.91 Å². The molecule has 1 aliphatic rings. The summed E-state index contributed by atoms with van der Waals surface area (Å²) in [6, 6.07) is 13.0. The van der Waals surface area contributed by atoms with Gasteiger partial charge in [-0.25, -0.2) is 0 Å². The molecule has 3 rings (SSSR count). The Bertz CT molecular complexity index is 770. The van der Waals surface area contributed by atoms with Gasteiger partial charge in [-0.2, -0.15) is 0 Å². The number of amides is 1. The highest BCUT2D eigenvalue weighted by molar-refractivity contribution is 6.35. The second-order valence-electron chi connectivity index (χ2n) is 6.71. The van der Waals surface area contributed by atoms with Crippen molar-refractivity contribution in [2.24, 2.45) is 0 Å². The monoisotopic (exact) mass is 408 g/mol. The Kier molecular flexibility index (Phi) is 6.47. The van der Waals surface area contributed by atoms with Gasteiger partial charge in [0.05, 0.1) is 33.3 Å². The molecule has 2 aromatic rings. The van der Waals surface area contributed by atoms with Gasteiger partial charge in [-0.15, -0.1) is 0 Å². The number of nitrogens with zero attached hydrogens (tertiary/aromatic N) is 1. The fourth-order valence-electron chi connectivity index (χ4n) is 3.34. The minimum Gasteiger partial charge on any atom is -0.497 e. The van der Waals surface area contributed by atoms with Crippen LogP contribution in [0.4, 0.5) is 11.4 Å². The van der Waals surface area contributed by atoms with Gasteiger partial charge in [0, 0.05) is 21.4 Å². The van der Waals surface area contributed by atoms with Crippen LogP contribution in [0.25, 0.3) is 0 Å². The Balaban J connectivity index is 1.55. The summed E-state index contributed by atoms with van der Waals surface area (Å²) in [5.41, 5.74) is 1.81. The summed E-state index contributed by atoms with van der Waals surface area (Å²) >= 11 is 12.0. The molecule has 0 aliphatic carbocycles. The van der Waals surface area contributed by atoms with Crippen molar-refractivity contribution in [3.8, 4) is 5.75 Å². The summed E-state index contributed by atoms with van der Waals surface area (Å²) in [5, 5.41) is 3.93. The minimum absolute atomic E-state index is 0.0266. The number of hydrogen-bond donors (Lipinski definition) is 2. The lowest BCUT2D eigenvalue weighted by Gasteiger charge is -2.36. The third kappa shape index (κ3) is 5.06. The number of rotatable bonds is 5. The molecular formula is C20H24Cl2N3O2+. The fraction of sp³-hybridized carbons (Fsp3) is 0.350. The molecule has 1 saturated heterocycles. The smallest absolute Gasteiger partial charge is 0.282 e. The normalized spacial score (nSPS) is 16.1. The van der Waals surface area contributed by atoms with E-state index in [1.165, 1.54) is 10.6 Å². The van der Waals surface area contributed by atoms with E-state index in [0.29, 0.717) is 15.7 Å². The van der Waals surface area contributed by atoms with E-state index in [9.17, 15) is 4.79 Å². The molecular weight excluding hydrogens is 385 g/mol. The van der Waals surface area contributed by atoms with Crippen LogP contribution >= 0.6 is 23.2 Å². The molecule has 0 saturated carbocycles. The molecule has 0 unspecified atom stereocenters. The Morgan fingerprint density at radius 1 is 1.11 bits per heavy atom. The van der Waals surface area contributed by atoms with Crippen molar-refractivity contribution in [1.82, 2.24) is 0 Å². The van der Waals surface area contributed by atoms with Crippen LogP contribution in [0.2, 0.25) is 10.0 Å². The molecule has 144 valence electrons. The van der Waals surface area contributed by atoms with Crippen LogP contribution in [0.15, 0.2) is 42.5 Å². The number of quaternary nitrogens is 1. The molecule has 0 bridgehead atoms. The first-order chi connectivity index (χ1) is 13.0. The molecule has 7 heteroatoms. The average molecular weight is 409 g/mol. The first kappa shape index (κ1) is 19.8. The van der Waals surface area contributed by atoms with E-state index in [-0.39, 0.29) is 11.9 Å². The molecule has 1 atom stereocenters. The number of methoxy groups -OCH3 is 1. The molecule has 5 nitrogen and oxygen atoms in total. The van der Waals surface area contributed by atoms with Gasteiger partial charge in [0.2, 0.25) is 0 Å². The van der Waals surface area contributed by atoms with Crippen LogP contribution in [-0.4, -0.2) is 45.2 Å². The molecule has 1 aliphatic heterocycles. The van der Waals surface area contributed by atoms with Gasteiger partial charge in [0.15, 0.2) is 6.04 Å². The van der Waals surface area contributed by atoms with Gasteiger partial charge in [-0.05, 0) is 49.4 Å². The number of anilines is 2. The summed E-state index contributed by atoms with van der Waals surface area (Å²) in [6.07, 6.45) is 0. The summed E-state index contributed by atoms with van der Waals surface area (Å²) < 4.78 is 5.21. The standard InChI is InChI=1S/C20H23Cl2N3O2/c1-14(20(26)23-17-12-15(21)11-16(22)13-17)24-7-9-25(10-8-24)18-3-5-19(27-2)6-4-18/h3-6,11-14H,7-10H2,1-2H3,(H,23,26)/p+1/t14-/m1/s1. The minimum atomic E-state index is -0.152. The number of hydrogen-bond acceptors (Lipinski definition) is 3. The lowest BCUT2D eigenvalue weighted by molar-refractivity contribution is -0.914. The van der Waals surface area contributed by atoms with Crippen molar-refractivity contribution in [2.45, 2.75) is 13.0 Å². The zero-order valence-corrected chi connectivity index (χ0v) is 17.0. The average Bonchev–Trinajstić information content (AvgIpc) is 2.67. The maximum absolute atomic E-state index is 12.6. The van der Waals surface area contributed by atoms with Gasteiger partial charge >= 0.3 is 0 Å². The third-order valence-corrected chi connectivity index (χ3v) is 5.42. The fourth-order valence-corrected chi connectivity index (χ4v) is 3.87. The number of benzene rings is 2. The van der Waals surface area contributed by atoms with E-state index >= 15 is 0 Å². The number of piperazine rings is 1. The van der Waals surface area contributed by atoms with Gasteiger partial charge in [-0.1, -0.05) is 23.2 Å². The molecule has 1 heterocycles. The number of nitrogens with one attached hydrogen (secondary N) is 2. The molecule has 2 aromatic carbocycles. The second kappa shape index (κ2) is 8.83. The first-order valence-electron chi connectivity index (χ1n) is 8.97. The Morgan fingerprint density at radius 3 is 2.26 bits per heavy atom. The highest BCUT2D eigenvalue weighted by Gasteiger charge is 2.29. The number of halogens is 2. The SMILES string of the molecule is COc1ccc(N2CC[NH+]([C@H](C)C(=O)Nc3cc(Cl)cc(Cl)c3)CC2)cc1. The van der Waals surface area contributed by atoms with Crippen molar-refractivity contribution >= 4 is 40.5 Å². The van der Waals surface area contributed by atoms with Crippen LogP contribution in [0.5, 0.6) is 5.75 Å². The molecule has 0 radical (unpaired) electrons. The van der Waals surface area contributed by atoms with E-state index in [1.54, 1.807) is 25.3 Å². The molecule has 0 aromatic heterocycles. The van der Waals surface area contributed by atoms with Crippen LogP contribution in [-0.2, 0) is 4.79 Å². The maximum atomic E-state index is 12.6. The van der Waals surface area contributed by atoms with E-state index < -0.39 is 0 Å². The molecule has 1 amide bonds. The number of ether oxygens (including phenoxy) is 1. The predicted octanol–water partition coefficient (Wildman–Crippen LogP) is 2.73. The van der Waals surface area contributed by atoms with Crippen LogP contribution < -0.4 is 19.9 Å². The lowest BCUT2D eigenvalue weighted by Crippen LogP contribution is -3.19. The highest BCUT2D eigenvalue weighted by Crippen LogP contribution is 2.22. The van der Waals surface area contributed by atoms with Crippen LogP contribution in [0.3, 0.4) is 0 Å². The van der Waals surface area contributed by atoms with Gasteiger partial charge in [-0.3, -0.25) is 4.79 Å². The lowest BCUT2D eigenvalue weighted by atomic mass is 10.2. The maximum Gasteiger partial charge on any atom is 0.282 e. The Hall–Kier alpha value is -1.95. The Labute approximate surface area is 169 Å². The van der Waals surface area contributed by atoms with Gasteiger partial charge < -0.3 is 19.9 Å². The van der Waals surface area contributed by atoms with Crippen molar-refractivity contribution in [1.29, 1.82) is 0 Å². The summed E-state index contributed by atoms with van der Waals surface area (Å²) in [5.74, 6) is 0.829. The summed E-state index contributed by atoms with van der Waals surface area (Å²) in [7, 11) is 1.67. The number of carbonyl (C=O) groups excluding carboxylic acids is 1. The van der Waals surface area contributed by atoms with Crippen molar-refractivity contribution in [2.75, 3.05) is 43.5 Å². The first-order valence-corrected chi connectivity index (χ1v) is 9.72. The molecule has 27 heavy (non-hydrogen) atoms. The zero-order valence-electron chi connectivity index (χ0n) is 15.5. The van der Waals surface area contributed by atoms with Crippen molar-refractivity contribution < 1.29 is 14.4 Å². The van der Waals surface area contributed by atoms with Crippen molar-refractivity contribution in [3.63, 3.8) is 0 Å². The number of carbonyl (C=O) groups is 1. The largest absolute Gasteiger partial charge is 0.497 e. The van der Waals surface area contributed by atoms with E-state index in [0.717, 1.165) is 31.9 Å². The molecule has 0 spiro atoms. The Morgan fingerprint density at radius 2 is 1.70 bits per heavy atom. The van der Waals surface area contributed by atoms with Crippen LogP contribution in [0, 0.1) is 0 Å². The quantitative estimate of drug-likeness (QED) is 0.799. The highest BCUT2D eigenvalue weighted by atomic mass is 35.5. The third-order valence-electron chi connectivity index (χ3n) is 4.98. The van der Waals surface area contributed by atoms with E-state index in [2.05, 4.69) is 22.3 Å². The van der Waals surface area contributed by atoms with E-state index in [4.69, 9.17) is 27.9 Å². The van der Waals surface area contributed by atoms with E-state index in [1.807, 2.05) is 19.1 Å².